The molecule has 0 radical (unpaired) electrons. The fourth-order valence-electron chi connectivity index (χ4n) is 2.37. The van der Waals surface area contributed by atoms with Gasteiger partial charge in [0, 0.05) is 13.2 Å². The molecule has 1 fully saturated rings. The molecular formula is C15H30N2O2. The largest absolute Gasteiger partial charge is 0.380 e. The fourth-order valence-corrected chi connectivity index (χ4v) is 2.37. The van der Waals surface area contributed by atoms with Crippen molar-refractivity contribution in [3.63, 3.8) is 0 Å². The van der Waals surface area contributed by atoms with Gasteiger partial charge in [-0.2, -0.15) is 0 Å². The van der Waals surface area contributed by atoms with Gasteiger partial charge < -0.3 is 9.64 Å². The van der Waals surface area contributed by atoms with Gasteiger partial charge in [-0.25, -0.2) is 0 Å². The Morgan fingerprint density at radius 1 is 1.21 bits per heavy atom. The molecule has 0 saturated carbocycles. The van der Waals surface area contributed by atoms with Crippen LogP contribution in [0.1, 0.15) is 47.5 Å². The Morgan fingerprint density at radius 3 is 2.47 bits per heavy atom. The highest BCUT2D eigenvalue weighted by Gasteiger charge is 2.35. The Bertz CT molecular complexity index is 279. The van der Waals surface area contributed by atoms with Crippen LogP contribution in [0.4, 0.5) is 0 Å². The monoisotopic (exact) mass is 270 g/mol. The Labute approximate surface area is 117 Å². The smallest absolute Gasteiger partial charge is 0.241 e. The van der Waals surface area contributed by atoms with Crippen molar-refractivity contribution in [2.75, 3.05) is 19.8 Å². The van der Waals surface area contributed by atoms with Crippen LogP contribution in [0.25, 0.3) is 0 Å². The molecule has 1 heterocycles. The van der Waals surface area contributed by atoms with Gasteiger partial charge in [0.1, 0.15) is 0 Å². The van der Waals surface area contributed by atoms with E-state index in [0.717, 1.165) is 19.4 Å². The first-order valence-electron chi connectivity index (χ1n) is 7.56. The van der Waals surface area contributed by atoms with Gasteiger partial charge >= 0.3 is 0 Å². The third-order valence-corrected chi connectivity index (χ3v) is 3.51. The Morgan fingerprint density at radius 2 is 1.89 bits per heavy atom. The fraction of sp³-hybridized carbons (Fsp3) is 0.933. The first-order valence-corrected chi connectivity index (χ1v) is 7.56. The van der Waals surface area contributed by atoms with Crippen molar-refractivity contribution >= 4 is 5.91 Å². The molecule has 2 unspecified atom stereocenters. The Kier molecular flexibility index (Phi) is 6.80. The van der Waals surface area contributed by atoms with Gasteiger partial charge in [0.25, 0.3) is 0 Å². The summed E-state index contributed by atoms with van der Waals surface area (Å²) < 4.78 is 5.60. The highest BCUT2D eigenvalue weighted by atomic mass is 16.5. The molecule has 0 spiro atoms. The van der Waals surface area contributed by atoms with Crippen LogP contribution in [-0.2, 0) is 9.53 Å². The summed E-state index contributed by atoms with van der Waals surface area (Å²) in [6.45, 7) is 12.8. The Hall–Kier alpha value is -0.610. The normalized spacial score (nSPS) is 23.9. The predicted molar refractivity (Wildman–Crippen MR) is 77.8 cm³/mol. The molecule has 0 aromatic rings. The zero-order valence-corrected chi connectivity index (χ0v) is 13.1. The molecule has 1 N–H and O–H groups in total. The van der Waals surface area contributed by atoms with Gasteiger partial charge in [-0.05, 0) is 31.6 Å². The zero-order valence-electron chi connectivity index (χ0n) is 13.1. The number of carbonyl (C=O) groups excluding carboxylic acids is 1. The quantitative estimate of drug-likeness (QED) is 0.688. The molecule has 0 aromatic carbocycles. The lowest BCUT2D eigenvalue weighted by molar-refractivity contribution is -0.130. The van der Waals surface area contributed by atoms with Crippen LogP contribution < -0.4 is 5.32 Å². The number of hydrogen-bond acceptors (Lipinski definition) is 3. The van der Waals surface area contributed by atoms with E-state index in [-0.39, 0.29) is 18.1 Å². The molecule has 4 nitrogen and oxygen atoms in total. The number of nitrogens with zero attached hydrogens (tertiary/aromatic N) is 1. The summed E-state index contributed by atoms with van der Waals surface area (Å²) in [5.74, 6) is 1.44. The molecule has 1 rings (SSSR count). The average molecular weight is 270 g/mol. The highest BCUT2D eigenvalue weighted by Crippen LogP contribution is 2.16. The second kappa shape index (κ2) is 7.85. The summed E-state index contributed by atoms with van der Waals surface area (Å²) in [5, 5.41) is 3.36. The molecule has 112 valence electrons. The molecule has 1 aliphatic heterocycles. The maximum Gasteiger partial charge on any atom is 0.241 e. The van der Waals surface area contributed by atoms with E-state index in [1.807, 2.05) is 11.8 Å². The molecule has 19 heavy (non-hydrogen) atoms. The minimum atomic E-state index is -0.00864. The summed E-state index contributed by atoms with van der Waals surface area (Å²) in [7, 11) is 0. The van der Waals surface area contributed by atoms with Crippen molar-refractivity contribution in [3.05, 3.63) is 0 Å². The first kappa shape index (κ1) is 16.4. The van der Waals surface area contributed by atoms with E-state index in [1.165, 1.54) is 0 Å². The van der Waals surface area contributed by atoms with Crippen molar-refractivity contribution in [3.8, 4) is 0 Å². The lowest BCUT2D eigenvalue weighted by Gasteiger charge is -2.20. The number of rotatable bonds is 8. The van der Waals surface area contributed by atoms with Gasteiger partial charge in [0.05, 0.1) is 18.8 Å². The molecule has 1 amide bonds. The van der Waals surface area contributed by atoms with Crippen LogP contribution in [0.2, 0.25) is 0 Å². The second-order valence-electron chi connectivity index (χ2n) is 6.35. The van der Waals surface area contributed by atoms with E-state index < -0.39 is 0 Å². The van der Waals surface area contributed by atoms with Crippen molar-refractivity contribution in [2.45, 2.75) is 59.7 Å². The minimum Gasteiger partial charge on any atom is -0.380 e. The molecule has 1 saturated heterocycles. The molecule has 0 bridgehead atoms. The average Bonchev–Trinajstić information content (AvgIpc) is 2.54. The molecule has 0 aliphatic carbocycles. The molecule has 1 aliphatic rings. The number of carbonyl (C=O) groups is 1. The third kappa shape index (κ3) is 5.49. The van der Waals surface area contributed by atoms with Gasteiger partial charge in [0.2, 0.25) is 5.91 Å². The summed E-state index contributed by atoms with van der Waals surface area (Å²) >= 11 is 0. The van der Waals surface area contributed by atoms with Crippen LogP contribution in [0.15, 0.2) is 0 Å². The first-order chi connectivity index (χ1) is 8.91. The standard InChI is InChI=1S/C15H30N2O2/c1-11(2)6-8-19-9-7-17-13(5)16-14(15(17)18)10-12(3)4/h11-14,16H,6-10H2,1-5H3. The van der Waals surface area contributed by atoms with Crippen LogP contribution >= 0.6 is 0 Å². The van der Waals surface area contributed by atoms with Gasteiger partial charge in [0.15, 0.2) is 0 Å². The summed E-state index contributed by atoms with van der Waals surface area (Å²) in [5.41, 5.74) is 0. The number of amides is 1. The SMILES string of the molecule is CC(C)CCOCCN1C(=O)C(CC(C)C)NC1C. The van der Waals surface area contributed by atoms with E-state index in [0.29, 0.717) is 25.0 Å². The molecule has 2 atom stereocenters. The maximum absolute atomic E-state index is 12.2. The van der Waals surface area contributed by atoms with Crippen LogP contribution in [0.3, 0.4) is 0 Å². The van der Waals surface area contributed by atoms with Crippen molar-refractivity contribution < 1.29 is 9.53 Å². The van der Waals surface area contributed by atoms with E-state index >= 15 is 0 Å². The minimum absolute atomic E-state index is 0.00864. The third-order valence-electron chi connectivity index (χ3n) is 3.51. The van der Waals surface area contributed by atoms with E-state index in [9.17, 15) is 4.79 Å². The van der Waals surface area contributed by atoms with Gasteiger partial charge in [-0.3, -0.25) is 10.1 Å². The molecule has 4 heteroatoms. The van der Waals surface area contributed by atoms with Crippen LogP contribution in [-0.4, -0.2) is 42.8 Å². The lowest BCUT2D eigenvalue weighted by atomic mass is 10.0. The molecule has 0 aromatic heterocycles. The van der Waals surface area contributed by atoms with Crippen LogP contribution in [0.5, 0.6) is 0 Å². The topological polar surface area (TPSA) is 41.6 Å². The van der Waals surface area contributed by atoms with Crippen molar-refractivity contribution in [1.29, 1.82) is 0 Å². The second-order valence-corrected chi connectivity index (χ2v) is 6.35. The lowest BCUT2D eigenvalue weighted by Crippen LogP contribution is -2.37. The van der Waals surface area contributed by atoms with E-state index in [1.54, 1.807) is 0 Å². The van der Waals surface area contributed by atoms with Gasteiger partial charge in [-0.1, -0.05) is 27.7 Å². The number of hydrogen-bond donors (Lipinski definition) is 1. The highest BCUT2D eigenvalue weighted by molar-refractivity contribution is 5.84. The van der Waals surface area contributed by atoms with Crippen molar-refractivity contribution in [1.82, 2.24) is 10.2 Å². The van der Waals surface area contributed by atoms with Crippen molar-refractivity contribution in [2.24, 2.45) is 11.8 Å². The maximum atomic E-state index is 12.2. The van der Waals surface area contributed by atoms with E-state index in [4.69, 9.17) is 4.74 Å². The summed E-state index contributed by atoms with van der Waals surface area (Å²) in [4.78, 5) is 14.1. The predicted octanol–water partition coefficient (Wildman–Crippen LogP) is 2.24. The van der Waals surface area contributed by atoms with E-state index in [2.05, 4.69) is 33.0 Å². The zero-order chi connectivity index (χ0) is 14.4. The van der Waals surface area contributed by atoms with Crippen LogP contribution in [0, 0.1) is 11.8 Å². The summed E-state index contributed by atoms with van der Waals surface area (Å²) in [6.07, 6.45) is 2.12. The molecular weight excluding hydrogens is 240 g/mol. The number of nitrogens with one attached hydrogen (secondary N) is 1. The summed E-state index contributed by atoms with van der Waals surface area (Å²) in [6, 6.07) is -0.00864. The Balaban J connectivity index is 2.27. The number of ether oxygens (including phenoxy) is 1. The van der Waals surface area contributed by atoms with Gasteiger partial charge in [-0.15, -0.1) is 0 Å².